The number of nitrogens with one attached hydrogen (secondary N) is 2. The first-order valence-corrected chi connectivity index (χ1v) is 11.4. The highest BCUT2D eigenvalue weighted by atomic mass is 35.5. The lowest BCUT2D eigenvalue weighted by Crippen LogP contribution is -2.06. The molecular weight excluding hydrogens is 509 g/mol. The molecule has 0 saturated carbocycles. The van der Waals surface area contributed by atoms with E-state index in [4.69, 9.17) is 16.3 Å². The Kier molecular flexibility index (Phi) is 6.34. The number of nitrogens with zero attached hydrogens (tertiary/aromatic N) is 6. The SMILES string of the molecule is Cn1nc(C(F)(F)F)cc1Nc1ccc2nc(NCc3ccc(Oc4ncc(Cl)cn4)cc3)n(C)c2c1. The van der Waals surface area contributed by atoms with E-state index in [0.717, 1.165) is 27.3 Å². The van der Waals surface area contributed by atoms with Gasteiger partial charge in [-0.3, -0.25) is 4.68 Å². The quantitative estimate of drug-likeness (QED) is 0.271. The van der Waals surface area contributed by atoms with Gasteiger partial charge in [-0.1, -0.05) is 23.7 Å². The van der Waals surface area contributed by atoms with Crippen LogP contribution in [-0.4, -0.2) is 29.3 Å². The summed E-state index contributed by atoms with van der Waals surface area (Å²) in [6.07, 6.45) is -1.59. The first-order chi connectivity index (χ1) is 17.7. The van der Waals surface area contributed by atoms with Crippen molar-refractivity contribution in [1.82, 2.24) is 29.3 Å². The zero-order valence-electron chi connectivity index (χ0n) is 19.6. The largest absolute Gasteiger partial charge is 0.435 e. The summed E-state index contributed by atoms with van der Waals surface area (Å²) >= 11 is 5.78. The normalized spacial score (nSPS) is 11.6. The minimum absolute atomic E-state index is 0.202. The molecule has 190 valence electrons. The van der Waals surface area contributed by atoms with Crippen molar-refractivity contribution >= 4 is 40.1 Å². The van der Waals surface area contributed by atoms with Crippen LogP contribution in [0.1, 0.15) is 11.3 Å². The molecule has 0 spiro atoms. The minimum Gasteiger partial charge on any atom is -0.424 e. The van der Waals surface area contributed by atoms with E-state index in [-0.39, 0.29) is 11.8 Å². The van der Waals surface area contributed by atoms with Crippen molar-refractivity contribution in [3.05, 3.63) is 77.2 Å². The second-order valence-electron chi connectivity index (χ2n) is 8.14. The number of halogens is 4. The van der Waals surface area contributed by atoms with Gasteiger partial charge in [0.05, 0.1) is 28.4 Å². The van der Waals surface area contributed by atoms with Gasteiger partial charge in [-0.05, 0) is 35.9 Å². The fourth-order valence-corrected chi connectivity index (χ4v) is 3.71. The summed E-state index contributed by atoms with van der Waals surface area (Å²) in [5.41, 5.74) is 2.19. The molecule has 5 rings (SSSR count). The molecule has 9 nitrogen and oxygen atoms in total. The van der Waals surface area contributed by atoms with Gasteiger partial charge in [0.1, 0.15) is 11.6 Å². The smallest absolute Gasteiger partial charge is 0.424 e. The van der Waals surface area contributed by atoms with E-state index in [0.29, 0.717) is 29.0 Å². The highest BCUT2D eigenvalue weighted by Crippen LogP contribution is 2.31. The summed E-state index contributed by atoms with van der Waals surface area (Å²) in [4.78, 5) is 12.6. The number of aryl methyl sites for hydroxylation is 2. The lowest BCUT2D eigenvalue weighted by molar-refractivity contribution is -0.141. The standard InChI is InChI=1S/C24H20ClF3N8O/c1-35-19-9-16(32-21-10-20(24(26,27)28)34-36(21)2)5-8-18(19)33-22(35)29-11-14-3-6-17(7-4-14)37-23-30-12-15(25)13-31-23/h3-10,12-13,32H,11H2,1-2H3,(H,29,33). The van der Waals surface area contributed by atoms with Gasteiger partial charge in [-0.2, -0.15) is 18.3 Å². The second-order valence-corrected chi connectivity index (χ2v) is 8.58. The highest BCUT2D eigenvalue weighted by molar-refractivity contribution is 6.30. The Morgan fingerprint density at radius 1 is 1.00 bits per heavy atom. The average molecular weight is 529 g/mol. The zero-order valence-corrected chi connectivity index (χ0v) is 20.3. The Hall–Kier alpha value is -4.32. The van der Waals surface area contributed by atoms with Gasteiger partial charge >= 0.3 is 12.2 Å². The van der Waals surface area contributed by atoms with Crippen molar-refractivity contribution in [2.45, 2.75) is 12.7 Å². The number of aromatic nitrogens is 6. The molecule has 0 amide bonds. The number of benzene rings is 2. The predicted octanol–water partition coefficient (Wildman–Crippen LogP) is 5.92. The molecule has 0 saturated heterocycles. The summed E-state index contributed by atoms with van der Waals surface area (Å²) in [6.45, 7) is 0.509. The molecule has 3 heterocycles. The van der Waals surface area contributed by atoms with Crippen molar-refractivity contribution in [3.63, 3.8) is 0 Å². The van der Waals surface area contributed by atoms with E-state index in [2.05, 4.69) is 30.7 Å². The number of ether oxygens (including phenoxy) is 1. The summed E-state index contributed by atoms with van der Waals surface area (Å²) in [6, 6.07) is 14.0. The molecule has 2 N–H and O–H groups in total. The molecular formula is C24H20ClF3N8O. The van der Waals surface area contributed by atoms with Gasteiger partial charge in [0.2, 0.25) is 5.95 Å². The van der Waals surface area contributed by atoms with Gasteiger partial charge in [-0.25, -0.2) is 15.0 Å². The lowest BCUT2D eigenvalue weighted by atomic mass is 10.2. The van der Waals surface area contributed by atoms with Gasteiger partial charge in [0, 0.05) is 32.4 Å². The zero-order chi connectivity index (χ0) is 26.2. The van der Waals surface area contributed by atoms with E-state index in [1.807, 2.05) is 41.9 Å². The molecule has 0 aliphatic carbocycles. The third kappa shape index (κ3) is 5.43. The molecule has 0 unspecified atom stereocenters. The Morgan fingerprint density at radius 2 is 1.73 bits per heavy atom. The van der Waals surface area contributed by atoms with Gasteiger partial charge in [0.25, 0.3) is 0 Å². The van der Waals surface area contributed by atoms with Gasteiger partial charge in [0.15, 0.2) is 5.69 Å². The van der Waals surface area contributed by atoms with Crippen LogP contribution in [0.5, 0.6) is 11.8 Å². The van der Waals surface area contributed by atoms with Gasteiger partial charge in [-0.15, -0.1) is 0 Å². The van der Waals surface area contributed by atoms with Crippen LogP contribution >= 0.6 is 11.6 Å². The maximum absolute atomic E-state index is 13.0. The number of fused-ring (bicyclic) bond motifs is 1. The molecule has 3 aromatic heterocycles. The van der Waals surface area contributed by atoms with Crippen LogP contribution in [0.2, 0.25) is 5.02 Å². The van der Waals surface area contributed by atoms with Crippen molar-refractivity contribution in [2.24, 2.45) is 14.1 Å². The van der Waals surface area contributed by atoms with E-state index >= 15 is 0 Å². The van der Waals surface area contributed by atoms with Crippen molar-refractivity contribution in [2.75, 3.05) is 10.6 Å². The summed E-state index contributed by atoms with van der Waals surface area (Å²) in [7, 11) is 3.31. The number of anilines is 3. The first-order valence-electron chi connectivity index (χ1n) is 11.0. The number of hydrogen-bond donors (Lipinski definition) is 2. The average Bonchev–Trinajstić information content (AvgIpc) is 3.39. The molecule has 5 aromatic rings. The van der Waals surface area contributed by atoms with E-state index < -0.39 is 11.9 Å². The Balaban J connectivity index is 1.26. The summed E-state index contributed by atoms with van der Waals surface area (Å²) in [5.74, 6) is 1.45. The maximum Gasteiger partial charge on any atom is 0.435 e. The van der Waals surface area contributed by atoms with Crippen LogP contribution in [0.3, 0.4) is 0 Å². The minimum atomic E-state index is -4.51. The van der Waals surface area contributed by atoms with Crippen LogP contribution in [0.15, 0.2) is 60.9 Å². The molecule has 0 atom stereocenters. The molecule has 37 heavy (non-hydrogen) atoms. The Bertz CT molecular complexity index is 1550. The Morgan fingerprint density at radius 3 is 2.41 bits per heavy atom. The highest BCUT2D eigenvalue weighted by Gasteiger charge is 2.34. The van der Waals surface area contributed by atoms with Crippen LogP contribution in [0.4, 0.5) is 30.6 Å². The monoisotopic (exact) mass is 528 g/mol. The van der Waals surface area contributed by atoms with Crippen LogP contribution in [0.25, 0.3) is 11.0 Å². The van der Waals surface area contributed by atoms with E-state index in [9.17, 15) is 13.2 Å². The molecule has 0 aliphatic rings. The number of alkyl halides is 3. The third-order valence-corrected chi connectivity index (χ3v) is 5.70. The van der Waals surface area contributed by atoms with Crippen molar-refractivity contribution in [1.29, 1.82) is 0 Å². The first kappa shape index (κ1) is 24.4. The van der Waals surface area contributed by atoms with Crippen LogP contribution in [0, 0.1) is 0 Å². The molecule has 0 aliphatic heterocycles. The van der Waals surface area contributed by atoms with Crippen LogP contribution in [-0.2, 0) is 26.8 Å². The Labute approximate surface area is 213 Å². The molecule has 0 fully saturated rings. The second kappa shape index (κ2) is 9.62. The number of rotatable bonds is 7. The third-order valence-electron chi connectivity index (χ3n) is 5.50. The summed E-state index contributed by atoms with van der Waals surface area (Å²) in [5, 5.41) is 10.2. The fourth-order valence-electron chi connectivity index (χ4n) is 3.61. The maximum atomic E-state index is 13.0. The van der Waals surface area contributed by atoms with Crippen molar-refractivity contribution < 1.29 is 17.9 Å². The molecule has 13 heteroatoms. The molecule has 0 bridgehead atoms. The number of hydrogen-bond acceptors (Lipinski definition) is 7. The molecule has 0 radical (unpaired) electrons. The molecule has 2 aromatic carbocycles. The van der Waals surface area contributed by atoms with E-state index in [1.54, 1.807) is 12.1 Å². The summed E-state index contributed by atoms with van der Waals surface area (Å²) < 4.78 is 47.5. The predicted molar refractivity (Wildman–Crippen MR) is 133 cm³/mol. The van der Waals surface area contributed by atoms with Crippen molar-refractivity contribution in [3.8, 4) is 11.8 Å². The topological polar surface area (TPSA) is 94.7 Å². The number of imidazole rings is 1. The lowest BCUT2D eigenvalue weighted by Gasteiger charge is -2.08. The van der Waals surface area contributed by atoms with E-state index in [1.165, 1.54) is 19.4 Å². The fraction of sp³-hybridized carbons (Fsp3) is 0.167. The van der Waals surface area contributed by atoms with Gasteiger partial charge < -0.3 is 19.9 Å². The van der Waals surface area contributed by atoms with Crippen LogP contribution < -0.4 is 15.4 Å².